The maximum atomic E-state index is 4.36. The summed E-state index contributed by atoms with van der Waals surface area (Å²) >= 11 is 0. The first-order valence-electron chi connectivity index (χ1n) is 7.42. The molecule has 1 atom stereocenters. The molecular formula is C17H23N3. The van der Waals surface area contributed by atoms with E-state index in [0.717, 1.165) is 18.3 Å². The summed E-state index contributed by atoms with van der Waals surface area (Å²) < 4.78 is 2.16. The van der Waals surface area contributed by atoms with Gasteiger partial charge in [0.1, 0.15) is 5.82 Å². The minimum absolute atomic E-state index is 0.478. The predicted molar refractivity (Wildman–Crippen MR) is 81.4 cm³/mol. The third kappa shape index (κ3) is 2.78. The molecule has 1 unspecified atom stereocenters. The molecule has 0 radical (unpaired) electrons. The second-order valence-electron chi connectivity index (χ2n) is 5.96. The van der Waals surface area contributed by atoms with Gasteiger partial charge >= 0.3 is 0 Å². The van der Waals surface area contributed by atoms with E-state index in [2.05, 4.69) is 53.1 Å². The van der Waals surface area contributed by atoms with E-state index in [0.29, 0.717) is 6.04 Å². The van der Waals surface area contributed by atoms with Crippen molar-refractivity contribution < 1.29 is 0 Å². The Labute approximate surface area is 121 Å². The minimum Gasteiger partial charge on any atom is -0.334 e. The van der Waals surface area contributed by atoms with E-state index in [9.17, 15) is 0 Å². The number of rotatable bonds is 5. The van der Waals surface area contributed by atoms with Crippen LogP contribution < -0.4 is 5.32 Å². The summed E-state index contributed by atoms with van der Waals surface area (Å²) in [5.41, 5.74) is 3.99. The second-order valence-corrected chi connectivity index (χ2v) is 5.96. The van der Waals surface area contributed by atoms with E-state index < -0.39 is 0 Å². The molecule has 0 bridgehead atoms. The van der Waals surface area contributed by atoms with Crippen LogP contribution >= 0.6 is 0 Å². The molecule has 1 aromatic heterocycles. The predicted octanol–water partition coefficient (Wildman–Crippen LogP) is 3.28. The van der Waals surface area contributed by atoms with Gasteiger partial charge < -0.3 is 9.88 Å². The molecular weight excluding hydrogens is 246 g/mol. The fourth-order valence-electron chi connectivity index (χ4n) is 2.69. The molecule has 2 aromatic rings. The van der Waals surface area contributed by atoms with Crippen molar-refractivity contribution in [2.75, 3.05) is 0 Å². The molecule has 106 valence electrons. The van der Waals surface area contributed by atoms with Crippen molar-refractivity contribution in [3.8, 4) is 0 Å². The normalized spacial score (nSPS) is 16.4. The number of imidazole rings is 1. The van der Waals surface area contributed by atoms with Crippen LogP contribution in [0.15, 0.2) is 30.5 Å². The van der Waals surface area contributed by atoms with Crippen molar-refractivity contribution in [2.24, 2.45) is 13.0 Å². The van der Waals surface area contributed by atoms with Gasteiger partial charge in [-0.15, -0.1) is 0 Å². The number of benzene rings is 1. The Kier molecular flexibility index (Phi) is 3.62. The highest BCUT2D eigenvalue weighted by Crippen LogP contribution is 2.41. The number of nitrogens with one attached hydrogen (secondary N) is 1. The van der Waals surface area contributed by atoms with Crippen LogP contribution in [0.3, 0.4) is 0 Å². The third-order valence-corrected chi connectivity index (χ3v) is 4.35. The Hall–Kier alpha value is -1.61. The standard InChI is InChI=1S/C17H23N3/c1-12-4-6-14(7-5-12)17(15-8-9-15)19-11-16-10-18-13(2)20(16)3/h4-7,10,15,17,19H,8-9,11H2,1-3H3. The van der Waals surface area contributed by atoms with Crippen molar-refractivity contribution in [3.05, 3.63) is 53.1 Å². The van der Waals surface area contributed by atoms with Gasteiger partial charge in [0, 0.05) is 25.8 Å². The molecule has 20 heavy (non-hydrogen) atoms. The van der Waals surface area contributed by atoms with Crippen molar-refractivity contribution in [1.82, 2.24) is 14.9 Å². The monoisotopic (exact) mass is 269 g/mol. The van der Waals surface area contributed by atoms with Gasteiger partial charge in [0.05, 0.1) is 5.69 Å². The first-order valence-corrected chi connectivity index (χ1v) is 7.42. The lowest BCUT2D eigenvalue weighted by Gasteiger charge is -2.19. The lowest BCUT2D eigenvalue weighted by molar-refractivity contribution is 0.471. The highest BCUT2D eigenvalue weighted by molar-refractivity contribution is 5.25. The maximum absolute atomic E-state index is 4.36. The van der Waals surface area contributed by atoms with Crippen molar-refractivity contribution in [3.63, 3.8) is 0 Å². The number of aromatic nitrogens is 2. The molecule has 0 spiro atoms. The first-order chi connectivity index (χ1) is 9.65. The first kappa shape index (κ1) is 13.4. The van der Waals surface area contributed by atoms with Gasteiger partial charge in [-0.25, -0.2) is 4.98 Å². The maximum Gasteiger partial charge on any atom is 0.105 e. The average Bonchev–Trinajstić information content (AvgIpc) is 3.23. The molecule has 3 nitrogen and oxygen atoms in total. The van der Waals surface area contributed by atoms with E-state index in [1.165, 1.54) is 29.7 Å². The highest BCUT2D eigenvalue weighted by atomic mass is 15.1. The Morgan fingerprint density at radius 3 is 2.50 bits per heavy atom. The van der Waals surface area contributed by atoms with Crippen LogP contribution in [0.2, 0.25) is 0 Å². The van der Waals surface area contributed by atoms with Crippen LogP contribution in [-0.2, 0) is 13.6 Å². The summed E-state index contributed by atoms with van der Waals surface area (Å²) in [6.45, 7) is 5.07. The van der Waals surface area contributed by atoms with E-state index >= 15 is 0 Å². The molecule has 1 N–H and O–H groups in total. The Morgan fingerprint density at radius 2 is 1.95 bits per heavy atom. The molecule has 1 aliphatic carbocycles. The van der Waals surface area contributed by atoms with Crippen LogP contribution in [-0.4, -0.2) is 9.55 Å². The lowest BCUT2D eigenvalue weighted by Crippen LogP contribution is -2.23. The van der Waals surface area contributed by atoms with Gasteiger partial charge in [-0.1, -0.05) is 29.8 Å². The molecule has 0 aliphatic heterocycles. The molecule has 1 aromatic carbocycles. The van der Waals surface area contributed by atoms with Gasteiger partial charge in [0.2, 0.25) is 0 Å². The zero-order chi connectivity index (χ0) is 14.1. The molecule has 1 heterocycles. The summed E-state index contributed by atoms with van der Waals surface area (Å²) in [6.07, 6.45) is 4.66. The van der Waals surface area contributed by atoms with Crippen LogP contribution in [0.5, 0.6) is 0 Å². The molecule has 3 heteroatoms. The highest BCUT2D eigenvalue weighted by Gasteiger charge is 2.32. The molecule has 0 saturated heterocycles. The minimum atomic E-state index is 0.478. The topological polar surface area (TPSA) is 29.9 Å². The van der Waals surface area contributed by atoms with Crippen LogP contribution in [0, 0.1) is 19.8 Å². The van der Waals surface area contributed by atoms with E-state index in [1.807, 2.05) is 13.1 Å². The van der Waals surface area contributed by atoms with Crippen molar-refractivity contribution in [1.29, 1.82) is 0 Å². The third-order valence-electron chi connectivity index (χ3n) is 4.35. The number of hydrogen-bond acceptors (Lipinski definition) is 2. The van der Waals surface area contributed by atoms with Crippen molar-refractivity contribution >= 4 is 0 Å². The average molecular weight is 269 g/mol. The Bertz CT molecular complexity index is 579. The number of hydrogen-bond donors (Lipinski definition) is 1. The van der Waals surface area contributed by atoms with Gasteiger partial charge in [-0.3, -0.25) is 0 Å². The molecule has 3 rings (SSSR count). The summed E-state index contributed by atoms with van der Waals surface area (Å²) in [6, 6.07) is 9.42. The molecule has 0 amide bonds. The number of aryl methyl sites for hydroxylation is 2. The van der Waals surface area contributed by atoms with Crippen LogP contribution in [0.25, 0.3) is 0 Å². The fourth-order valence-corrected chi connectivity index (χ4v) is 2.69. The van der Waals surface area contributed by atoms with E-state index in [-0.39, 0.29) is 0 Å². The van der Waals surface area contributed by atoms with Crippen LogP contribution in [0.1, 0.15) is 41.5 Å². The zero-order valence-corrected chi connectivity index (χ0v) is 12.6. The summed E-state index contributed by atoms with van der Waals surface area (Å²) in [5, 5.41) is 3.73. The van der Waals surface area contributed by atoms with E-state index in [1.54, 1.807) is 0 Å². The summed E-state index contributed by atoms with van der Waals surface area (Å²) in [4.78, 5) is 4.36. The Morgan fingerprint density at radius 1 is 1.25 bits per heavy atom. The SMILES string of the molecule is Cc1ccc(C(NCc2cnc(C)n2C)C2CC2)cc1. The smallest absolute Gasteiger partial charge is 0.105 e. The number of nitrogens with zero attached hydrogens (tertiary/aromatic N) is 2. The Balaban J connectivity index is 1.72. The zero-order valence-electron chi connectivity index (χ0n) is 12.6. The summed E-state index contributed by atoms with van der Waals surface area (Å²) in [5.74, 6) is 1.87. The van der Waals surface area contributed by atoms with E-state index in [4.69, 9.17) is 0 Å². The van der Waals surface area contributed by atoms with Gasteiger partial charge in [0.15, 0.2) is 0 Å². The molecule has 1 saturated carbocycles. The van der Waals surface area contributed by atoms with Gasteiger partial charge in [0.25, 0.3) is 0 Å². The second kappa shape index (κ2) is 5.41. The molecule has 1 fully saturated rings. The lowest BCUT2D eigenvalue weighted by atomic mass is 10.0. The fraction of sp³-hybridized carbons (Fsp3) is 0.471. The quantitative estimate of drug-likeness (QED) is 0.902. The van der Waals surface area contributed by atoms with Crippen molar-refractivity contribution in [2.45, 2.75) is 39.3 Å². The van der Waals surface area contributed by atoms with Gasteiger partial charge in [-0.2, -0.15) is 0 Å². The molecule has 1 aliphatic rings. The van der Waals surface area contributed by atoms with Gasteiger partial charge in [-0.05, 0) is 38.2 Å². The summed E-state index contributed by atoms with van der Waals surface area (Å²) in [7, 11) is 2.08. The van der Waals surface area contributed by atoms with Crippen LogP contribution in [0.4, 0.5) is 0 Å². The largest absolute Gasteiger partial charge is 0.334 e.